The summed E-state index contributed by atoms with van der Waals surface area (Å²) in [7, 11) is -3.87. The van der Waals surface area contributed by atoms with Crippen molar-refractivity contribution in [1.29, 1.82) is 0 Å². The second kappa shape index (κ2) is 16.2. The van der Waals surface area contributed by atoms with Crippen molar-refractivity contribution in [1.82, 2.24) is 10.2 Å². The van der Waals surface area contributed by atoms with Crippen LogP contribution in [-0.4, -0.2) is 50.5 Å². The summed E-state index contributed by atoms with van der Waals surface area (Å²) in [5, 5.41) is 2.94. The summed E-state index contributed by atoms with van der Waals surface area (Å²) in [6.07, 6.45) is 2.07. The van der Waals surface area contributed by atoms with Gasteiger partial charge in [0.15, 0.2) is 0 Å². The Morgan fingerprint density at radius 3 is 2.00 bits per heavy atom. The van der Waals surface area contributed by atoms with E-state index in [0.29, 0.717) is 24.6 Å². The fraction of sp³-hybridized carbons (Fsp3) is 0.257. The van der Waals surface area contributed by atoms with Gasteiger partial charge in [0.25, 0.3) is 0 Å². The maximum absolute atomic E-state index is 14.2. The van der Waals surface area contributed by atoms with Gasteiger partial charge in [0.1, 0.15) is 24.9 Å². The number of rotatable bonds is 15. The lowest BCUT2D eigenvalue weighted by Crippen LogP contribution is -2.53. The molecule has 45 heavy (non-hydrogen) atoms. The topological polar surface area (TPSA) is 96.0 Å². The third-order valence-electron chi connectivity index (χ3n) is 7.14. The van der Waals surface area contributed by atoms with Crippen LogP contribution in [0.25, 0.3) is 0 Å². The molecule has 8 nitrogen and oxygen atoms in total. The van der Waals surface area contributed by atoms with Gasteiger partial charge in [0, 0.05) is 24.0 Å². The Morgan fingerprint density at radius 1 is 0.822 bits per heavy atom. The minimum Gasteiger partial charge on any atom is -0.489 e. The largest absolute Gasteiger partial charge is 0.489 e. The van der Waals surface area contributed by atoms with Gasteiger partial charge in [-0.05, 0) is 59.5 Å². The monoisotopic (exact) mass is 691 g/mol. The van der Waals surface area contributed by atoms with Crippen LogP contribution < -0.4 is 14.4 Å². The van der Waals surface area contributed by atoms with E-state index in [0.717, 1.165) is 38.1 Å². The minimum absolute atomic E-state index is 0.118. The molecule has 0 spiro atoms. The SMILES string of the molecule is CCCNC(=O)[C@H](Cc1ccccc1)N(Cc1ccc(Br)cc1)C(=O)CN(c1ccc(OCc2ccccc2)cc1)S(C)(=O)=O. The molecule has 0 saturated heterocycles. The van der Waals surface area contributed by atoms with Gasteiger partial charge in [0.05, 0.1) is 11.9 Å². The molecule has 0 aliphatic heterocycles. The van der Waals surface area contributed by atoms with Crippen molar-refractivity contribution in [3.05, 3.63) is 130 Å². The number of nitrogens with one attached hydrogen (secondary N) is 1. The molecule has 4 aromatic rings. The smallest absolute Gasteiger partial charge is 0.244 e. The van der Waals surface area contributed by atoms with E-state index in [1.165, 1.54) is 4.90 Å². The normalized spacial score (nSPS) is 11.8. The van der Waals surface area contributed by atoms with Crippen molar-refractivity contribution >= 4 is 43.5 Å². The highest BCUT2D eigenvalue weighted by Gasteiger charge is 2.33. The van der Waals surface area contributed by atoms with Crippen molar-refractivity contribution in [3.63, 3.8) is 0 Å². The van der Waals surface area contributed by atoms with Crippen LogP contribution in [0.1, 0.15) is 30.0 Å². The Labute approximate surface area is 274 Å². The molecule has 0 aromatic heterocycles. The number of sulfonamides is 1. The van der Waals surface area contributed by atoms with E-state index in [1.807, 2.05) is 91.9 Å². The predicted octanol–water partition coefficient (Wildman–Crippen LogP) is 5.96. The highest BCUT2D eigenvalue weighted by molar-refractivity contribution is 9.10. The van der Waals surface area contributed by atoms with Crippen LogP contribution >= 0.6 is 15.9 Å². The van der Waals surface area contributed by atoms with Crippen LogP contribution in [0.3, 0.4) is 0 Å². The number of anilines is 1. The molecular formula is C35H38BrN3O5S. The van der Waals surface area contributed by atoms with E-state index in [9.17, 15) is 18.0 Å². The van der Waals surface area contributed by atoms with Gasteiger partial charge in [-0.1, -0.05) is 95.7 Å². The number of hydrogen-bond acceptors (Lipinski definition) is 5. The Balaban J connectivity index is 1.63. The molecule has 2 amide bonds. The number of benzene rings is 4. The Kier molecular flexibility index (Phi) is 12.2. The summed E-state index contributed by atoms with van der Waals surface area (Å²) in [6.45, 7) is 2.42. The second-order valence-corrected chi connectivity index (χ2v) is 13.5. The maximum atomic E-state index is 14.2. The van der Waals surface area contributed by atoms with Gasteiger partial charge in [-0.25, -0.2) is 8.42 Å². The van der Waals surface area contributed by atoms with E-state index in [1.54, 1.807) is 24.3 Å². The standard InChI is InChI=1S/C35H38BrN3O5S/c1-3-22-37-35(41)33(23-27-10-6-4-7-11-27)38(24-28-14-16-30(36)17-15-28)34(40)25-39(45(2,42)43)31-18-20-32(21-19-31)44-26-29-12-8-5-9-13-29/h4-21,33H,3,22-26H2,1-2H3,(H,37,41)/t33-/m0/s1. The first kappa shape index (κ1) is 33.7. The molecule has 4 rings (SSSR count). The van der Waals surface area contributed by atoms with Crippen LogP contribution in [0.5, 0.6) is 5.75 Å². The zero-order valence-electron chi connectivity index (χ0n) is 25.4. The van der Waals surface area contributed by atoms with Gasteiger partial charge in [-0.15, -0.1) is 0 Å². The van der Waals surface area contributed by atoms with Gasteiger partial charge >= 0.3 is 0 Å². The number of nitrogens with zero attached hydrogens (tertiary/aromatic N) is 2. The van der Waals surface area contributed by atoms with Crippen molar-refractivity contribution in [3.8, 4) is 5.75 Å². The third-order valence-corrected chi connectivity index (χ3v) is 8.81. The van der Waals surface area contributed by atoms with E-state index in [2.05, 4.69) is 21.2 Å². The third kappa shape index (κ3) is 10.2. The number of halogens is 1. The van der Waals surface area contributed by atoms with Crippen molar-refractivity contribution in [2.45, 2.75) is 39.0 Å². The van der Waals surface area contributed by atoms with Crippen LogP contribution in [-0.2, 0) is 39.2 Å². The number of carbonyl (C=O) groups is 2. The first-order chi connectivity index (χ1) is 21.6. The summed E-state index contributed by atoms with van der Waals surface area (Å²) in [5.74, 6) is -0.230. The quantitative estimate of drug-likeness (QED) is 0.166. The molecule has 0 bridgehead atoms. The molecule has 0 unspecified atom stereocenters. The highest BCUT2D eigenvalue weighted by Crippen LogP contribution is 2.24. The molecule has 0 aliphatic rings. The molecule has 0 radical (unpaired) electrons. The van der Waals surface area contributed by atoms with Crippen LogP contribution in [0, 0.1) is 0 Å². The van der Waals surface area contributed by atoms with Crippen molar-refractivity contribution < 1.29 is 22.7 Å². The lowest BCUT2D eigenvalue weighted by Gasteiger charge is -2.33. The fourth-order valence-corrected chi connectivity index (χ4v) is 5.88. The fourth-order valence-electron chi connectivity index (χ4n) is 4.77. The van der Waals surface area contributed by atoms with Gasteiger partial charge < -0.3 is 15.0 Å². The molecule has 1 atom stereocenters. The average Bonchev–Trinajstić information content (AvgIpc) is 3.04. The highest BCUT2D eigenvalue weighted by atomic mass is 79.9. The Bertz CT molecular complexity index is 1630. The molecule has 1 N–H and O–H groups in total. The molecule has 10 heteroatoms. The second-order valence-electron chi connectivity index (χ2n) is 10.7. The van der Waals surface area contributed by atoms with Crippen molar-refractivity contribution in [2.24, 2.45) is 0 Å². The molecule has 4 aromatic carbocycles. The van der Waals surface area contributed by atoms with E-state index < -0.39 is 28.5 Å². The van der Waals surface area contributed by atoms with E-state index in [-0.39, 0.29) is 18.9 Å². The van der Waals surface area contributed by atoms with Crippen molar-refractivity contribution in [2.75, 3.05) is 23.7 Å². The van der Waals surface area contributed by atoms with E-state index in [4.69, 9.17) is 4.74 Å². The van der Waals surface area contributed by atoms with E-state index >= 15 is 0 Å². The molecule has 0 aliphatic carbocycles. The minimum atomic E-state index is -3.87. The van der Waals surface area contributed by atoms with Gasteiger partial charge in [0.2, 0.25) is 21.8 Å². The first-order valence-electron chi connectivity index (χ1n) is 14.7. The summed E-state index contributed by atoms with van der Waals surface area (Å²) >= 11 is 3.45. The first-order valence-corrected chi connectivity index (χ1v) is 17.4. The van der Waals surface area contributed by atoms with Crippen LogP contribution in [0.15, 0.2) is 114 Å². The number of hydrogen-bond donors (Lipinski definition) is 1. The lowest BCUT2D eigenvalue weighted by atomic mass is 10.0. The molecule has 0 fully saturated rings. The number of carbonyl (C=O) groups excluding carboxylic acids is 2. The van der Waals surface area contributed by atoms with Crippen LogP contribution in [0.2, 0.25) is 0 Å². The zero-order chi connectivity index (χ0) is 32.2. The number of ether oxygens (including phenoxy) is 1. The summed E-state index contributed by atoms with van der Waals surface area (Å²) in [5.41, 5.74) is 3.01. The van der Waals surface area contributed by atoms with Gasteiger partial charge in [-0.3, -0.25) is 13.9 Å². The zero-order valence-corrected chi connectivity index (χ0v) is 27.8. The predicted molar refractivity (Wildman–Crippen MR) is 181 cm³/mol. The summed E-state index contributed by atoms with van der Waals surface area (Å²) in [6, 6.07) is 32.4. The maximum Gasteiger partial charge on any atom is 0.244 e. The number of amides is 2. The lowest BCUT2D eigenvalue weighted by molar-refractivity contribution is -0.140. The summed E-state index contributed by atoms with van der Waals surface area (Å²) in [4.78, 5) is 29.3. The molecular weight excluding hydrogens is 654 g/mol. The van der Waals surface area contributed by atoms with Gasteiger partial charge in [-0.2, -0.15) is 0 Å². The average molecular weight is 693 g/mol. The summed E-state index contributed by atoms with van der Waals surface area (Å²) < 4.78 is 33.9. The molecule has 0 saturated carbocycles. The molecule has 236 valence electrons. The molecule has 0 heterocycles. The Hall–Kier alpha value is -4.15. The van der Waals surface area contributed by atoms with Crippen LogP contribution in [0.4, 0.5) is 5.69 Å². The Morgan fingerprint density at radius 2 is 1.42 bits per heavy atom.